The third-order valence-corrected chi connectivity index (χ3v) is 7.81. The van der Waals surface area contributed by atoms with Crippen LogP contribution in [0.4, 0.5) is 0 Å². The summed E-state index contributed by atoms with van der Waals surface area (Å²) in [4.78, 5) is 24.9. The van der Waals surface area contributed by atoms with Gasteiger partial charge in [0.05, 0.1) is 10.5 Å². The van der Waals surface area contributed by atoms with Crippen molar-refractivity contribution in [1.29, 1.82) is 0 Å². The molecule has 166 valence electrons. The highest BCUT2D eigenvalue weighted by Crippen LogP contribution is 2.21. The number of nitrogens with one attached hydrogen (secondary N) is 1. The van der Waals surface area contributed by atoms with Crippen LogP contribution in [0.3, 0.4) is 0 Å². The van der Waals surface area contributed by atoms with E-state index in [1.54, 1.807) is 6.92 Å². The van der Waals surface area contributed by atoms with E-state index in [0.717, 1.165) is 51.4 Å². The molecule has 30 heavy (non-hydrogen) atoms. The molecule has 1 atom stereocenters. The van der Waals surface area contributed by atoms with Crippen molar-refractivity contribution in [2.45, 2.75) is 81.8 Å². The number of carbonyl (C=O) groups is 2. The Balaban J connectivity index is 1.58. The van der Waals surface area contributed by atoms with E-state index in [1.165, 1.54) is 35.0 Å². The smallest absolute Gasteiger partial charge is 0.338 e. The van der Waals surface area contributed by atoms with E-state index < -0.39 is 22.1 Å². The fraction of sp³-hybridized carbons (Fsp3) is 0.636. The van der Waals surface area contributed by atoms with Crippen LogP contribution in [0, 0.1) is 0 Å². The van der Waals surface area contributed by atoms with Crippen LogP contribution in [-0.2, 0) is 19.6 Å². The van der Waals surface area contributed by atoms with Crippen LogP contribution < -0.4 is 5.32 Å². The zero-order valence-electron chi connectivity index (χ0n) is 17.6. The lowest BCUT2D eigenvalue weighted by molar-refractivity contribution is -0.130. The first-order chi connectivity index (χ1) is 14.4. The van der Waals surface area contributed by atoms with Gasteiger partial charge in [-0.15, -0.1) is 0 Å². The van der Waals surface area contributed by atoms with E-state index >= 15 is 0 Å². The number of nitrogens with zero attached hydrogens (tertiary/aromatic N) is 1. The highest BCUT2D eigenvalue weighted by Gasteiger charge is 2.26. The number of rotatable bonds is 6. The van der Waals surface area contributed by atoms with Gasteiger partial charge in [0.15, 0.2) is 6.10 Å². The Morgan fingerprint density at radius 2 is 1.53 bits per heavy atom. The number of hydrogen-bond acceptors (Lipinski definition) is 5. The summed E-state index contributed by atoms with van der Waals surface area (Å²) in [6.45, 7) is 2.60. The van der Waals surface area contributed by atoms with Crippen molar-refractivity contribution in [1.82, 2.24) is 9.62 Å². The first kappa shape index (κ1) is 22.7. The quantitative estimate of drug-likeness (QED) is 0.691. The second-order valence-electron chi connectivity index (χ2n) is 8.23. The van der Waals surface area contributed by atoms with Crippen LogP contribution in [0.25, 0.3) is 0 Å². The van der Waals surface area contributed by atoms with Crippen LogP contribution in [0.15, 0.2) is 29.2 Å². The van der Waals surface area contributed by atoms with Crippen molar-refractivity contribution >= 4 is 21.9 Å². The zero-order chi connectivity index (χ0) is 21.6. The molecule has 2 fully saturated rings. The summed E-state index contributed by atoms with van der Waals surface area (Å²) in [6, 6.07) is 5.90. The molecule has 1 amide bonds. The minimum Gasteiger partial charge on any atom is -0.449 e. The molecule has 7 nitrogen and oxygen atoms in total. The van der Waals surface area contributed by atoms with Gasteiger partial charge in [-0.1, -0.05) is 32.1 Å². The molecule has 0 aromatic heterocycles. The summed E-state index contributed by atoms with van der Waals surface area (Å²) in [5, 5.41) is 2.94. The first-order valence-corrected chi connectivity index (χ1v) is 12.4. The van der Waals surface area contributed by atoms with Gasteiger partial charge in [0.2, 0.25) is 10.0 Å². The molecule has 1 aromatic carbocycles. The SMILES string of the molecule is CC(OC(=O)c1ccc(S(=O)(=O)N2CCCCCC2)cc1)C(=O)NC1CCCCC1. The number of ether oxygens (including phenoxy) is 1. The van der Waals surface area contributed by atoms with E-state index in [4.69, 9.17) is 4.74 Å². The minimum atomic E-state index is -3.56. The van der Waals surface area contributed by atoms with E-state index in [0.29, 0.717) is 13.1 Å². The van der Waals surface area contributed by atoms with Crippen LogP contribution >= 0.6 is 0 Å². The van der Waals surface area contributed by atoms with Gasteiger partial charge < -0.3 is 10.1 Å². The molecule has 1 unspecified atom stereocenters. The predicted octanol–water partition coefficient (Wildman–Crippen LogP) is 3.25. The van der Waals surface area contributed by atoms with E-state index in [2.05, 4.69) is 5.32 Å². The van der Waals surface area contributed by atoms with Crippen LogP contribution in [0.5, 0.6) is 0 Å². The van der Waals surface area contributed by atoms with Crippen molar-refractivity contribution in [3.05, 3.63) is 29.8 Å². The number of benzene rings is 1. The fourth-order valence-electron chi connectivity index (χ4n) is 4.04. The largest absolute Gasteiger partial charge is 0.449 e. The van der Waals surface area contributed by atoms with Gasteiger partial charge in [-0.2, -0.15) is 4.31 Å². The van der Waals surface area contributed by atoms with Gasteiger partial charge in [0, 0.05) is 19.1 Å². The van der Waals surface area contributed by atoms with Gasteiger partial charge in [0.25, 0.3) is 5.91 Å². The molecule has 1 N–H and O–H groups in total. The monoisotopic (exact) mass is 436 g/mol. The Hall–Kier alpha value is -1.93. The molecule has 1 saturated heterocycles. The van der Waals surface area contributed by atoms with Gasteiger partial charge in [-0.3, -0.25) is 4.79 Å². The molecule has 0 bridgehead atoms. The van der Waals surface area contributed by atoms with Crippen LogP contribution in [-0.4, -0.2) is 49.8 Å². The molecule has 3 rings (SSSR count). The highest BCUT2D eigenvalue weighted by molar-refractivity contribution is 7.89. The number of hydrogen-bond donors (Lipinski definition) is 1. The molecule has 1 aliphatic heterocycles. The Kier molecular flexibility index (Phi) is 7.88. The van der Waals surface area contributed by atoms with Crippen molar-refractivity contribution in [2.24, 2.45) is 0 Å². The minimum absolute atomic E-state index is 0.149. The van der Waals surface area contributed by atoms with Gasteiger partial charge in [-0.05, 0) is 56.9 Å². The van der Waals surface area contributed by atoms with Gasteiger partial charge >= 0.3 is 5.97 Å². The molecular formula is C22H32N2O5S. The molecule has 2 aliphatic rings. The van der Waals surface area contributed by atoms with Crippen LogP contribution in [0.2, 0.25) is 0 Å². The van der Waals surface area contributed by atoms with Crippen molar-refractivity contribution in [2.75, 3.05) is 13.1 Å². The first-order valence-electron chi connectivity index (χ1n) is 11.0. The second-order valence-corrected chi connectivity index (χ2v) is 10.2. The topological polar surface area (TPSA) is 92.8 Å². The molecule has 1 heterocycles. The lowest BCUT2D eigenvalue weighted by Gasteiger charge is -2.24. The summed E-state index contributed by atoms with van der Waals surface area (Å²) in [6.07, 6.45) is 8.23. The molecular weight excluding hydrogens is 404 g/mol. The van der Waals surface area contributed by atoms with E-state index in [1.807, 2.05) is 0 Å². The number of esters is 1. The average molecular weight is 437 g/mol. The second kappa shape index (κ2) is 10.4. The summed E-state index contributed by atoms with van der Waals surface area (Å²) in [5.41, 5.74) is 0.224. The van der Waals surface area contributed by atoms with E-state index in [9.17, 15) is 18.0 Å². The standard InChI is InChI=1S/C22H32N2O5S/c1-17(21(25)23-19-9-5-4-6-10-19)29-22(26)18-11-13-20(14-12-18)30(27,28)24-15-7-2-3-8-16-24/h11-14,17,19H,2-10,15-16H2,1H3,(H,23,25). The molecule has 0 spiro atoms. The Morgan fingerprint density at radius 1 is 0.967 bits per heavy atom. The third kappa shape index (κ3) is 5.82. The maximum atomic E-state index is 12.8. The lowest BCUT2D eigenvalue weighted by Crippen LogP contribution is -2.42. The zero-order valence-corrected chi connectivity index (χ0v) is 18.5. The normalized spacial score (nSPS) is 20.2. The fourth-order valence-corrected chi connectivity index (χ4v) is 5.56. The molecule has 0 radical (unpaired) electrons. The van der Waals surface area contributed by atoms with Crippen LogP contribution in [0.1, 0.15) is 75.1 Å². The van der Waals surface area contributed by atoms with E-state index in [-0.39, 0.29) is 22.4 Å². The predicted molar refractivity (Wildman–Crippen MR) is 114 cm³/mol. The summed E-state index contributed by atoms with van der Waals surface area (Å²) in [7, 11) is -3.56. The maximum absolute atomic E-state index is 12.8. The molecule has 1 aromatic rings. The van der Waals surface area contributed by atoms with Gasteiger partial charge in [0.1, 0.15) is 0 Å². The van der Waals surface area contributed by atoms with Crippen molar-refractivity contribution < 1.29 is 22.7 Å². The van der Waals surface area contributed by atoms with Crippen molar-refractivity contribution in [3.8, 4) is 0 Å². The third-order valence-electron chi connectivity index (χ3n) is 5.90. The number of amides is 1. The van der Waals surface area contributed by atoms with Gasteiger partial charge in [-0.25, -0.2) is 13.2 Å². The molecule has 8 heteroatoms. The maximum Gasteiger partial charge on any atom is 0.338 e. The van der Waals surface area contributed by atoms with Crippen molar-refractivity contribution in [3.63, 3.8) is 0 Å². The summed E-state index contributed by atoms with van der Waals surface area (Å²) in [5.74, 6) is -0.935. The lowest BCUT2D eigenvalue weighted by atomic mass is 9.95. The Bertz CT molecular complexity index is 824. The highest BCUT2D eigenvalue weighted by atomic mass is 32.2. The Morgan fingerprint density at radius 3 is 2.13 bits per heavy atom. The Labute approximate surface area is 179 Å². The number of sulfonamides is 1. The molecule has 1 saturated carbocycles. The summed E-state index contributed by atoms with van der Waals surface area (Å²) < 4.78 is 32.5. The number of carbonyl (C=O) groups excluding carboxylic acids is 2. The summed E-state index contributed by atoms with van der Waals surface area (Å²) >= 11 is 0. The molecule has 1 aliphatic carbocycles. The average Bonchev–Trinajstić information content (AvgIpc) is 3.04.